The molecule has 3 rings (SSSR count). The second kappa shape index (κ2) is 8.01. The SMILES string of the molecule is CCn1cc(CNC(=O)C2CCN(S(=O)(=O)c3ccccc3)CC2)cn1. The molecule has 1 aliphatic heterocycles. The molecule has 2 heterocycles. The van der Waals surface area contributed by atoms with Crippen LogP contribution in [0.4, 0.5) is 0 Å². The van der Waals surface area contributed by atoms with Crippen LogP contribution in [0.15, 0.2) is 47.6 Å². The Balaban J connectivity index is 1.52. The number of carbonyl (C=O) groups excluding carboxylic acids is 1. The molecule has 1 aliphatic rings. The lowest BCUT2D eigenvalue weighted by Gasteiger charge is -2.30. The highest BCUT2D eigenvalue weighted by molar-refractivity contribution is 7.89. The zero-order chi connectivity index (χ0) is 18.6. The fourth-order valence-corrected chi connectivity index (χ4v) is 4.59. The Kier molecular flexibility index (Phi) is 5.73. The van der Waals surface area contributed by atoms with Gasteiger partial charge in [0.15, 0.2) is 0 Å². The van der Waals surface area contributed by atoms with Gasteiger partial charge in [0.25, 0.3) is 0 Å². The number of hydrogen-bond acceptors (Lipinski definition) is 4. The number of rotatable bonds is 6. The van der Waals surface area contributed by atoms with E-state index in [0.717, 1.165) is 12.1 Å². The van der Waals surface area contributed by atoms with E-state index in [2.05, 4.69) is 10.4 Å². The van der Waals surface area contributed by atoms with Crippen LogP contribution in [0, 0.1) is 5.92 Å². The normalized spacial score (nSPS) is 16.5. The van der Waals surface area contributed by atoms with Crippen molar-refractivity contribution in [2.75, 3.05) is 13.1 Å². The maximum absolute atomic E-state index is 12.6. The van der Waals surface area contributed by atoms with Crippen LogP contribution < -0.4 is 5.32 Å². The first-order chi connectivity index (χ1) is 12.5. The average Bonchev–Trinajstić information content (AvgIpc) is 3.15. The molecule has 1 saturated heterocycles. The van der Waals surface area contributed by atoms with Gasteiger partial charge in [-0.2, -0.15) is 9.40 Å². The molecule has 1 fully saturated rings. The van der Waals surface area contributed by atoms with Crippen LogP contribution in [0.3, 0.4) is 0 Å². The molecule has 26 heavy (non-hydrogen) atoms. The Bertz CT molecular complexity index is 840. The third-order valence-corrected chi connectivity index (χ3v) is 6.60. The monoisotopic (exact) mass is 376 g/mol. The first-order valence-electron chi connectivity index (χ1n) is 8.85. The van der Waals surface area contributed by atoms with Crippen LogP contribution in [-0.2, 0) is 27.9 Å². The summed E-state index contributed by atoms with van der Waals surface area (Å²) in [6.07, 6.45) is 4.73. The zero-order valence-corrected chi connectivity index (χ0v) is 15.7. The van der Waals surface area contributed by atoms with Crippen molar-refractivity contribution in [2.24, 2.45) is 5.92 Å². The molecule has 1 aromatic carbocycles. The van der Waals surface area contributed by atoms with Gasteiger partial charge in [-0.05, 0) is 31.9 Å². The molecule has 1 aromatic heterocycles. The molecule has 8 heteroatoms. The van der Waals surface area contributed by atoms with Crippen molar-refractivity contribution in [3.8, 4) is 0 Å². The summed E-state index contributed by atoms with van der Waals surface area (Å²) in [4.78, 5) is 12.7. The molecule has 0 bridgehead atoms. The molecule has 1 amide bonds. The summed E-state index contributed by atoms with van der Waals surface area (Å²) in [5.41, 5.74) is 0.962. The second-order valence-corrected chi connectivity index (χ2v) is 8.35. The van der Waals surface area contributed by atoms with E-state index in [9.17, 15) is 13.2 Å². The second-order valence-electron chi connectivity index (χ2n) is 6.41. The van der Waals surface area contributed by atoms with Crippen LogP contribution in [0.2, 0.25) is 0 Å². The molecule has 0 saturated carbocycles. The lowest BCUT2D eigenvalue weighted by Crippen LogP contribution is -2.42. The van der Waals surface area contributed by atoms with Crippen molar-refractivity contribution >= 4 is 15.9 Å². The van der Waals surface area contributed by atoms with Gasteiger partial charge >= 0.3 is 0 Å². The van der Waals surface area contributed by atoms with Crippen LogP contribution in [0.25, 0.3) is 0 Å². The number of carbonyl (C=O) groups is 1. The van der Waals surface area contributed by atoms with Gasteiger partial charge in [-0.1, -0.05) is 18.2 Å². The third kappa shape index (κ3) is 4.13. The lowest BCUT2D eigenvalue weighted by molar-refractivity contribution is -0.126. The van der Waals surface area contributed by atoms with Gasteiger partial charge in [-0.3, -0.25) is 9.48 Å². The van der Waals surface area contributed by atoms with Crippen LogP contribution in [0.5, 0.6) is 0 Å². The molecule has 0 spiro atoms. The highest BCUT2D eigenvalue weighted by Gasteiger charge is 2.31. The van der Waals surface area contributed by atoms with Gasteiger partial charge in [-0.25, -0.2) is 8.42 Å². The highest BCUT2D eigenvalue weighted by atomic mass is 32.2. The van der Waals surface area contributed by atoms with E-state index in [0.29, 0.717) is 37.4 Å². The van der Waals surface area contributed by atoms with Crippen molar-refractivity contribution in [3.63, 3.8) is 0 Å². The third-order valence-electron chi connectivity index (χ3n) is 4.68. The quantitative estimate of drug-likeness (QED) is 0.830. The Labute approximate surface area is 154 Å². The van der Waals surface area contributed by atoms with E-state index in [4.69, 9.17) is 0 Å². The zero-order valence-electron chi connectivity index (χ0n) is 14.8. The van der Waals surface area contributed by atoms with Crippen molar-refractivity contribution in [1.82, 2.24) is 19.4 Å². The number of piperidine rings is 1. The average molecular weight is 376 g/mol. The topological polar surface area (TPSA) is 84.3 Å². The number of nitrogens with zero attached hydrogens (tertiary/aromatic N) is 3. The molecule has 1 N–H and O–H groups in total. The van der Waals surface area contributed by atoms with E-state index in [1.807, 2.05) is 17.8 Å². The van der Waals surface area contributed by atoms with Crippen LogP contribution in [-0.4, -0.2) is 41.5 Å². The van der Waals surface area contributed by atoms with Gasteiger partial charge in [0.05, 0.1) is 11.1 Å². The molecule has 0 aliphatic carbocycles. The fourth-order valence-electron chi connectivity index (χ4n) is 3.10. The number of benzene rings is 1. The Morgan fingerprint density at radius 1 is 1.23 bits per heavy atom. The molecule has 140 valence electrons. The maximum Gasteiger partial charge on any atom is 0.243 e. The Morgan fingerprint density at radius 3 is 2.54 bits per heavy atom. The van der Waals surface area contributed by atoms with Gasteiger partial charge in [0.1, 0.15) is 0 Å². The number of aromatic nitrogens is 2. The van der Waals surface area contributed by atoms with E-state index in [-0.39, 0.29) is 11.8 Å². The molecule has 0 unspecified atom stereocenters. The van der Waals surface area contributed by atoms with Gasteiger partial charge in [0.2, 0.25) is 15.9 Å². The predicted molar refractivity (Wildman–Crippen MR) is 97.7 cm³/mol. The standard InChI is InChI=1S/C18H24N4O3S/c1-2-21-14-15(13-20-21)12-19-18(23)16-8-10-22(11-9-16)26(24,25)17-6-4-3-5-7-17/h3-7,13-14,16H,2,8-12H2,1H3,(H,19,23). The highest BCUT2D eigenvalue weighted by Crippen LogP contribution is 2.23. The van der Waals surface area contributed by atoms with Gasteiger partial charge < -0.3 is 5.32 Å². The number of aryl methyl sites for hydroxylation is 1. The number of hydrogen-bond donors (Lipinski definition) is 1. The minimum Gasteiger partial charge on any atom is -0.352 e. The largest absolute Gasteiger partial charge is 0.352 e. The summed E-state index contributed by atoms with van der Waals surface area (Å²) >= 11 is 0. The molecule has 0 atom stereocenters. The van der Waals surface area contributed by atoms with Crippen molar-refractivity contribution < 1.29 is 13.2 Å². The van der Waals surface area contributed by atoms with Crippen LogP contribution in [0.1, 0.15) is 25.3 Å². The number of sulfonamides is 1. The lowest BCUT2D eigenvalue weighted by atomic mass is 9.97. The summed E-state index contributed by atoms with van der Waals surface area (Å²) < 4.78 is 28.5. The van der Waals surface area contributed by atoms with Gasteiger partial charge in [-0.15, -0.1) is 0 Å². The van der Waals surface area contributed by atoms with Crippen molar-refractivity contribution in [2.45, 2.75) is 37.8 Å². The summed E-state index contributed by atoms with van der Waals surface area (Å²) in [5.74, 6) is -0.176. The van der Waals surface area contributed by atoms with E-state index >= 15 is 0 Å². The first-order valence-corrected chi connectivity index (χ1v) is 10.3. The van der Waals surface area contributed by atoms with Gasteiger partial charge in [0, 0.05) is 43.9 Å². The molecule has 2 aromatic rings. The van der Waals surface area contributed by atoms with E-state index in [1.54, 1.807) is 36.5 Å². The summed E-state index contributed by atoms with van der Waals surface area (Å²) in [6.45, 7) is 3.97. The summed E-state index contributed by atoms with van der Waals surface area (Å²) in [7, 11) is -3.48. The molecular weight excluding hydrogens is 352 g/mol. The molecule has 0 radical (unpaired) electrons. The van der Waals surface area contributed by atoms with E-state index < -0.39 is 10.0 Å². The van der Waals surface area contributed by atoms with Crippen molar-refractivity contribution in [1.29, 1.82) is 0 Å². The predicted octanol–water partition coefficient (Wildman–Crippen LogP) is 1.62. The minimum atomic E-state index is -3.48. The molecular formula is C18H24N4O3S. The van der Waals surface area contributed by atoms with Crippen LogP contribution >= 0.6 is 0 Å². The number of nitrogens with one attached hydrogen (secondary N) is 1. The Hall–Kier alpha value is -2.19. The first kappa shape index (κ1) is 18.6. The summed E-state index contributed by atoms with van der Waals surface area (Å²) in [5, 5.41) is 7.11. The summed E-state index contributed by atoms with van der Waals surface area (Å²) in [6, 6.07) is 8.43. The molecule has 7 nitrogen and oxygen atoms in total. The fraction of sp³-hybridized carbons (Fsp3) is 0.444. The smallest absolute Gasteiger partial charge is 0.243 e. The van der Waals surface area contributed by atoms with E-state index in [1.165, 1.54) is 4.31 Å². The maximum atomic E-state index is 12.6. The Morgan fingerprint density at radius 2 is 1.92 bits per heavy atom. The number of amides is 1. The minimum absolute atomic E-state index is 0.0222. The van der Waals surface area contributed by atoms with Crippen molar-refractivity contribution in [3.05, 3.63) is 48.3 Å².